The molecule has 0 aromatic heterocycles. The van der Waals surface area contributed by atoms with Crippen LogP contribution in [0.4, 0.5) is 5.69 Å². The zero-order chi connectivity index (χ0) is 8.69. The van der Waals surface area contributed by atoms with Gasteiger partial charge in [-0.3, -0.25) is 0 Å². The molecule has 2 heteroatoms. The second kappa shape index (κ2) is 5.60. The first kappa shape index (κ1) is 9.83. The third-order valence-corrected chi connectivity index (χ3v) is 1.12. The SMILES string of the molecule is C=C=C.Nc1ccc(Cl)cc1. The van der Waals surface area contributed by atoms with Crippen LogP contribution in [0.25, 0.3) is 0 Å². The van der Waals surface area contributed by atoms with E-state index in [0.717, 1.165) is 10.7 Å². The summed E-state index contributed by atoms with van der Waals surface area (Å²) in [5.74, 6) is 0. The van der Waals surface area contributed by atoms with Crippen molar-refractivity contribution in [3.8, 4) is 0 Å². The molecule has 0 aliphatic rings. The van der Waals surface area contributed by atoms with Crippen molar-refractivity contribution in [3.05, 3.63) is 48.2 Å². The second-order valence-corrected chi connectivity index (χ2v) is 2.24. The lowest BCUT2D eigenvalue weighted by Gasteiger charge is -1.88. The van der Waals surface area contributed by atoms with E-state index < -0.39 is 0 Å². The first-order valence-corrected chi connectivity index (χ1v) is 3.38. The Morgan fingerprint density at radius 2 is 1.55 bits per heavy atom. The van der Waals surface area contributed by atoms with Gasteiger partial charge in [-0.15, -0.1) is 5.73 Å². The van der Waals surface area contributed by atoms with E-state index in [2.05, 4.69) is 18.9 Å². The number of rotatable bonds is 0. The summed E-state index contributed by atoms with van der Waals surface area (Å²) in [5, 5.41) is 0.721. The number of benzene rings is 1. The zero-order valence-corrected chi connectivity index (χ0v) is 6.93. The smallest absolute Gasteiger partial charge is 0.0407 e. The van der Waals surface area contributed by atoms with Crippen LogP contribution in [0, 0.1) is 0 Å². The molecule has 0 radical (unpaired) electrons. The van der Waals surface area contributed by atoms with Crippen molar-refractivity contribution < 1.29 is 0 Å². The molecule has 0 spiro atoms. The Morgan fingerprint density at radius 3 is 1.82 bits per heavy atom. The number of halogens is 1. The number of hydrogen-bond donors (Lipinski definition) is 1. The maximum atomic E-state index is 5.56. The average molecular weight is 168 g/mol. The molecule has 58 valence electrons. The van der Waals surface area contributed by atoms with Crippen molar-refractivity contribution in [2.75, 3.05) is 5.73 Å². The molecular formula is C9H10ClN. The van der Waals surface area contributed by atoms with Gasteiger partial charge in [-0.25, -0.2) is 0 Å². The predicted molar refractivity (Wildman–Crippen MR) is 50.6 cm³/mol. The summed E-state index contributed by atoms with van der Waals surface area (Å²) in [4.78, 5) is 0. The van der Waals surface area contributed by atoms with Gasteiger partial charge in [-0.1, -0.05) is 24.8 Å². The highest BCUT2D eigenvalue weighted by Crippen LogP contribution is 2.09. The van der Waals surface area contributed by atoms with Crippen molar-refractivity contribution in [2.24, 2.45) is 0 Å². The number of anilines is 1. The summed E-state index contributed by atoms with van der Waals surface area (Å²) in [6.07, 6.45) is 0. The molecule has 0 unspecified atom stereocenters. The van der Waals surface area contributed by atoms with Gasteiger partial charge in [0.2, 0.25) is 0 Å². The maximum absolute atomic E-state index is 5.56. The van der Waals surface area contributed by atoms with E-state index in [-0.39, 0.29) is 0 Å². The summed E-state index contributed by atoms with van der Waals surface area (Å²) in [6, 6.07) is 7.05. The van der Waals surface area contributed by atoms with Crippen molar-refractivity contribution in [1.29, 1.82) is 0 Å². The van der Waals surface area contributed by atoms with Gasteiger partial charge in [-0.2, -0.15) is 0 Å². The van der Waals surface area contributed by atoms with Crippen LogP contribution < -0.4 is 5.73 Å². The van der Waals surface area contributed by atoms with Gasteiger partial charge in [0.15, 0.2) is 0 Å². The topological polar surface area (TPSA) is 26.0 Å². The predicted octanol–water partition coefficient (Wildman–Crippen LogP) is 2.88. The van der Waals surface area contributed by atoms with Crippen LogP contribution in [0.3, 0.4) is 0 Å². The molecule has 0 amide bonds. The lowest BCUT2D eigenvalue weighted by molar-refractivity contribution is 1.69. The molecule has 0 aliphatic heterocycles. The molecule has 0 saturated heterocycles. The van der Waals surface area contributed by atoms with Crippen molar-refractivity contribution in [1.82, 2.24) is 0 Å². The van der Waals surface area contributed by atoms with Crippen LogP contribution in [-0.4, -0.2) is 0 Å². The highest BCUT2D eigenvalue weighted by atomic mass is 35.5. The van der Waals surface area contributed by atoms with E-state index in [1.807, 2.05) is 0 Å². The largest absolute Gasteiger partial charge is 0.399 e. The number of nitrogen functional groups attached to an aromatic ring is 1. The standard InChI is InChI=1S/C6H6ClN.C3H4/c7-5-1-3-6(8)4-2-5;1-3-2/h1-4H,8H2;1-2H2. The molecule has 0 bridgehead atoms. The minimum atomic E-state index is 0.721. The maximum Gasteiger partial charge on any atom is 0.0407 e. The van der Waals surface area contributed by atoms with E-state index >= 15 is 0 Å². The number of hydrogen-bond acceptors (Lipinski definition) is 1. The fraction of sp³-hybridized carbons (Fsp3) is 0. The normalized spacial score (nSPS) is 7.36. The minimum Gasteiger partial charge on any atom is -0.399 e. The van der Waals surface area contributed by atoms with E-state index in [9.17, 15) is 0 Å². The molecule has 1 rings (SSSR count). The van der Waals surface area contributed by atoms with Gasteiger partial charge in [-0.05, 0) is 24.3 Å². The Balaban J connectivity index is 0.000000292. The molecule has 0 heterocycles. The van der Waals surface area contributed by atoms with Crippen LogP contribution in [0.2, 0.25) is 5.02 Å². The fourth-order valence-corrected chi connectivity index (χ4v) is 0.589. The minimum absolute atomic E-state index is 0.721. The van der Waals surface area contributed by atoms with Gasteiger partial charge < -0.3 is 5.73 Å². The summed E-state index contributed by atoms with van der Waals surface area (Å²) >= 11 is 5.56. The third-order valence-electron chi connectivity index (χ3n) is 0.870. The summed E-state index contributed by atoms with van der Waals surface area (Å²) in [5.41, 5.74) is 8.36. The highest BCUT2D eigenvalue weighted by Gasteiger charge is 1.82. The highest BCUT2D eigenvalue weighted by molar-refractivity contribution is 6.30. The molecule has 2 N–H and O–H groups in total. The van der Waals surface area contributed by atoms with E-state index in [1.165, 1.54) is 0 Å². The zero-order valence-electron chi connectivity index (χ0n) is 6.18. The van der Waals surface area contributed by atoms with Gasteiger partial charge in [0.25, 0.3) is 0 Å². The molecular weight excluding hydrogens is 158 g/mol. The first-order chi connectivity index (χ1) is 5.20. The Bertz CT molecular complexity index is 211. The van der Waals surface area contributed by atoms with E-state index in [1.54, 1.807) is 24.3 Å². The molecule has 0 fully saturated rings. The average Bonchev–Trinajstić information content (AvgIpc) is 1.97. The second-order valence-electron chi connectivity index (χ2n) is 1.80. The van der Waals surface area contributed by atoms with Gasteiger partial charge in [0.1, 0.15) is 0 Å². The Labute approximate surface area is 71.8 Å². The Kier molecular flexibility index (Phi) is 5.01. The molecule has 0 saturated carbocycles. The van der Waals surface area contributed by atoms with Crippen LogP contribution in [0.15, 0.2) is 43.2 Å². The van der Waals surface area contributed by atoms with Gasteiger partial charge in [0.05, 0.1) is 0 Å². The molecule has 1 nitrogen and oxygen atoms in total. The van der Waals surface area contributed by atoms with Crippen LogP contribution in [-0.2, 0) is 0 Å². The lowest BCUT2D eigenvalue weighted by atomic mass is 10.3. The Hall–Kier alpha value is -1.17. The molecule has 1 aromatic rings. The van der Waals surface area contributed by atoms with Crippen molar-refractivity contribution >= 4 is 17.3 Å². The number of nitrogens with two attached hydrogens (primary N) is 1. The summed E-state index contributed by atoms with van der Waals surface area (Å²) < 4.78 is 0. The van der Waals surface area contributed by atoms with Crippen LogP contribution in [0.1, 0.15) is 0 Å². The van der Waals surface area contributed by atoms with Gasteiger partial charge >= 0.3 is 0 Å². The summed E-state index contributed by atoms with van der Waals surface area (Å²) in [6.45, 7) is 6.25. The van der Waals surface area contributed by atoms with Crippen LogP contribution >= 0.6 is 11.6 Å². The van der Waals surface area contributed by atoms with Crippen molar-refractivity contribution in [3.63, 3.8) is 0 Å². The van der Waals surface area contributed by atoms with Gasteiger partial charge in [0, 0.05) is 10.7 Å². The fourth-order valence-electron chi connectivity index (χ4n) is 0.463. The quantitative estimate of drug-likeness (QED) is 0.467. The summed E-state index contributed by atoms with van der Waals surface area (Å²) in [7, 11) is 0. The molecule has 11 heavy (non-hydrogen) atoms. The third kappa shape index (κ3) is 5.28. The molecule has 0 atom stereocenters. The van der Waals surface area contributed by atoms with E-state index in [4.69, 9.17) is 17.3 Å². The molecule has 1 aromatic carbocycles. The monoisotopic (exact) mass is 167 g/mol. The van der Waals surface area contributed by atoms with E-state index in [0.29, 0.717) is 0 Å². The van der Waals surface area contributed by atoms with Crippen molar-refractivity contribution in [2.45, 2.75) is 0 Å². The van der Waals surface area contributed by atoms with Crippen LogP contribution in [0.5, 0.6) is 0 Å². The Morgan fingerprint density at radius 1 is 1.18 bits per heavy atom. The lowest BCUT2D eigenvalue weighted by Crippen LogP contribution is -1.80. The first-order valence-electron chi connectivity index (χ1n) is 3.01. The molecule has 0 aliphatic carbocycles.